The van der Waals surface area contributed by atoms with Crippen LogP contribution in [-0.4, -0.2) is 322 Å². The second-order valence-electron chi connectivity index (χ2n) is 28.3. The molecule has 6 aliphatic heterocycles. The summed E-state index contributed by atoms with van der Waals surface area (Å²) in [5.41, 5.74) is -0.674. The molecule has 0 unspecified atom stereocenters. The van der Waals surface area contributed by atoms with Gasteiger partial charge >= 0.3 is 5.97 Å². The number of ketones is 1. The van der Waals surface area contributed by atoms with Gasteiger partial charge in [0.2, 0.25) is 0 Å². The molecule has 0 bridgehead atoms. The summed E-state index contributed by atoms with van der Waals surface area (Å²) in [7, 11) is 0. The van der Waals surface area contributed by atoms with Crippen molar-refractivity contribution in [3.63, 3.8) is 0 Å². The largest absolute Gasteiger partial charge is 0.462 e. The molecule has 93 heavy (non-hydrogen) atoms. The Hall–Kier alpha value is -2.02. The highest BCUT2D eigenvalue weighted by Crippen LogP contribution is 2.68. The molecule has 0 amide bonds. The van der Waals surface area contributed by atoms with Crippen molar-refractivity contribution in [2.45, 2.75) is 283 Å². The van der Waals surface area contributed by atoms with Crippen molar-refractivity contribution in [3.8, 4) is 0 Å². The fraction of sp³-hybridized carbons (Fsp3) is 0.967. The minimum absolute atomic E-state index is 0.0142. The number of carbonyl (C=O) groups excluding carboxylic acids is 2. The summed E-state index contributed by atoms with van der Waals surface area (Å²) in [6.07, 6.45) is -43.3. The van der Waals surface area contributed by atoms with Crippen LogP contribution in [0, 0.1) is 46.3 Å². The summed E-state index contributed by atoms with van der Waals surface area (Å²) < 4.78 is 78.4. The van der Waals surface area contributed by atoms with Gasteiger partial charge in [0.05, 0.1) is 57.8 Å². The van der Waals surface area contributed by atoms with Gasteiger partial charge in [-0.1, -0.05) is 20.8 Å². The van der Waals surface area contributed by atoms with E-state index in [1.54, 1.807) is 6.92 Å². The predicted octanol–water partition coefficient (Wildman–Crippen LogP) is -6.22. The fourth-order valence-electron chi connectivity index (χ4n) is 17.0. The Morgan fingerprint density at radius 2 is 1.04 bits per heavy atom. The van der Waals surface area contributed by atoms with Crippen molar-refractivity contribution in [1.82, 2.24) is 0 Å². The van der Waals surface area contributed by atoms with Gasteiger partial charge in [-0.05, 0) is 112 Å². The average Bonchev–Trinajstić information content (AvgIpc) is 1.65. The lowest BCUT2D eigenvalue weighted by molar-refractivity contribution is -0.408. The number of Topliss-reactive ketones (excluding diaryl/α,β-unsaturated/α-hetero) is 1. The molecular formula is C61H100O32. The predicted molar refractivity (Wildman–Crippen MR) is 305 cm³/mol. The molecule has 4 saturated carbocycles. The third-order valence-corrected chi connectivity index (χ3v) is 22.4. The van der Waals surface area contributed by atoms with E-state index in [1.807, 2.05) is 6.92 Å². The highest BCUT2D eigenvalue weighted by Gasteiger charge is 2.65. The Balaban J connectivity index is 0.832. The first-order chi connectivity index (χ1) is 44.0. The van der Waals surface area contributed by atoms with E-state index in [-0.39, 0.29) is 53.8 Å². The second-order valence-corrected chi connectivity index (χ2v) is 28.3. The zero-order chi connectivity index (χ0) is 67.4. The molecule has 10 rings (SSSR count). The molecule has 38 atom stereocenters. The molecule has 10 aliphatic rings. The number of aliphatic hydroxyl groups excluding tert-OH is 17. The van der Waals surface area contributed by atoms with Crippen LogP contribution < -0.4 is 0 Å². The molecule has 6 saturated heterocycles. The Bertz CT molecular complexity index is 2440. The van der Waals surface area contributed by atoms with Gasteiger partial charge in [-0.3, -0.25) is 9.59 Å². The van der Waals surface area contributed by atoms with Crippen molar-refractivity contribution in [2.24, 2.45) is 46.3 Å². The van der Waals surface area contributed by atoms with Gasteiger partial charge < -0.3 is 148 Å². The maximum absolute atomic E-state index is 13.7. The Morgan fingerprint density at radius 3 is 1.68 bits per heavy atom. The third kappa shape index (κ3) is 14.8. The maximum atomic E-state index is 13.7. The molecular weight excluding hydrogens is 1240 g/mol. The fourth-order valence-corrected chi connectivity index (χ4v) is 17.0. The standard InChI is InChI=1S/C61H100O32/c1-22(19-81-54-47(78)44(75)41(72)33(16-62)87-54)6-9-36(68)86-32-15-29-27-8-7-25-14-26(10-12-60(25,4)28(27)11-13-61(29,5)37(32)23(2)65)85-58-52(92-57-48(79)43(74)38(69)24(3)84-57)49(80)50(35(18-64)89-58)90-59-53(93-56-46(77)40(71)31(67)21-83-56)51(42(73)34(17-63)88-59)91-55-45(76)39(70)30(66)20-82-55/h22,24-35,37-59,62-64,66-67,69-80H,6-21H2,1-5H3/t22-,24+,25+,26+,27-,28+,29+,30-,31-,32+,33-,34-,35-,37+,38+,39+,40+,41-,42-,43-,44+,45-,46-,47-,48-,49+,50+,51+,52-,53-,54-,55+,56+,57+,58-,59+,60+,61+/m1/s1. The minimum atomic E-state index is -1.99. The summed E-state index contributed by atoms with van der Waals surface area (Å²) in [4.78, 5) is 27.3. The number of aliphatic hydroxyl groups is 17. The molecule has 17 N–H and O–H groups in total. The van der Waals surface area contributed by atoms with E-state index < -0.39 is 235 Å². The molecule has 0 radical (unpaired) electrons. The van der Waals surface area contributed by atoms with E-state index in [1.165, 1.54) is 6.92 Å². The summed E-state index contributed by atoms with van der Waals surface area (Å²) in [5.74, 6) is -0.750. The molecule has 0 aromatic rings. The Kier molecular flexibility index (Phi) is 24.1. The van der Waals surface area contributed by atoms with Crippen LogP contribution in [0.3, 0.4) is 0 Å². The van der Waals surface area contributed by atoms with Gasteiger partial charge in [-0.2, -0.15) is 0 Å². The van der Waals surface area contributed by atoms with Gasteiger partial charge in [0.1, 0.15) is 140 Å². The van der Waals surface area contributed by atoms with Crippen LogP contribution in [0.5, 0.6) is 0 Å². The zero-order valence-electron chi connectivity index (χ0n) is 52.8. The van der Waals surface area contributed by atoms with Gasteiger partial charge in [0.15, 0.2) is 37.7 Å². The monoisotopic (exact) mass is 1340 g/mol. The average molecular weight is 1350 g/mol. The molecule has 10 fully saturated rings. The summed E-state index contributed by atoms with van der Waals surface area (Å²) in [6.45, 7) is 5.64. The summed E-state index contributed by atoms with van der Waals surface area (Å²) in [6, 6.07) is 0. The number of ether oxygens (including phenoxy) is 13. The van der Waals surface area contributed by atoms with E-state index in [2.05, 4.69) is 13.8 Å². The summed E-state index contributed by atoms with van der Waals surface area (Å²) in [5, 5.41) is 183. The molecule has 0 aromatic heterocycles. The Labute approximate surface area is 537 Å². The van der Waals surface area contributed by atoms with Crippen LogP contribution in [0.4, 0.5) is 0 Å². The number of esters is 1. The topological polar surface area (TPSA) is 498 Å². The third-order valence-electron chi connectivity index (χ3n) is 22.4. The number of rotatable bonds is 21. The molecule has 0 aromatic carbocycles. The van der Waals surface area contributed by atoms with E-state index in [4.69, 9.17) is 61.6 Å². The first-order valence-corrected chi connectivity index (χ1v) is 32.8. The van der Waals surface area contributed by atoms with Gasteiger partial charge in [-0.25, -0.2) is 0 Å². The molecule has 0 spiro atoms. The molecule has 32 nitrogen and oxygen atoms in total. The van der Waals surface area contributed by atoms with Gasteiger partial charge in [0, 0.05) is 6.42 Å². The van der Waals surface area contributed by atoms with Gasteiger partial charge in [0.25, 0.3) is 0 Å². The lowest BCUT2D eigenvalue weighted by atomic mass is 9.44. The number of hydrogen-bond acceptors (Lipinski definition) is 32. The maximum Gasteiger partial charge on any atom is 0.306 e. The van der Waals surface area contributed by atoms with Crippen LogP contribution in [-0.2, 0) is 71.2 Å². The molecule has 32 heteroatoms. The highest BCUT2D eigenvalue weighted by molar-refractivity contribution is 5.81. The van der Waals surface area contributed by atoms with E-state index >= 15 is 0 Å². The van der Waals surface area contributed by atoms with Crippen LogP contribution in [0.1, 0.15) is 98.8 Å². The number of carbonyl (C=O) groups is 2. The highest BCUT2D eigenvalue weighted by atomic mass is 16.8. The zero-order valence-corrected chi connectivity index (χ0v) is 52.8. The van der Waals surface area contributed by atoms with Crippen LogP contribution in [0.25, 0.3) is 0 Å². The smallest absolute Gasteiger partial charge is 0.306 e. The van der Waals surface area contributed by atoms with Crippen molar-refractivity contribution in [1.29, 1.82) is 0 Å². The lowest BCUT2D eigenvalue weighted by Gasteiger charge is -2.61. The first kappa shape index (κ1) is 73.7. The van der Waals surface area contributed by atoms with E-state index in [0.717, 1.165) is 19.3 Å². The number of fused-ring (bicyclic) bond motifs is 5. The summed E-state index contributed by atoms with van der Waals surface area (Å²) >= 11 is 0. The van der Waals surface area contributed by atoms with E-state index in [0.29, 0.717) is 38.5 Å². The van der Waals surface area contributed by atoms with Crippen LogP contribution >= 0.6 is 0 Å². The second kappa shape index (κ2) is 30.4. The van der Waals surface area contributed by atoms with Crippen molar-refractivity contribution in [3.05, 3.63) is 0 Å². The molecule has 4 aliphatic carbocycles. The van der Waals surface area contributed by atoms with Crippen LogP contribution in [0.2, 0.25) is 0 Å². The molecule has 6 heterocycles. The van der Waals surface area contributed by atoms with Gasteiger partial charge in [-0.15, -0.1) is 0 Å². The van der Waals surface area contributed by atoms with Crippen molar-refractivity contribution in [2.75, 3.05) is 39.6 Å². The SMILES string of the molecule is CC(=O)[C@H]1[C@@H](OC(=O)CC[C@@H](C)CO[C@@H]2O[C@H](CO)[C@@H](O)[C@H](O)[C@H]2O)C[C@H]2[C@@H]3CC[C@H]4C[C@@H](O[C@@H]5O[C@H](CO)[C@H](O[C@@H]6O[C@H](CO)[C@@H](O)[C@H](O[C@@H]7OC[C@@H](O)[C@H](O)[C@H]7O)[C@H]6O[C@@H]6OC[C@@H](O)[C@H](O)[C@H]6O)[C@H](O)[C@H]5O[C@@H]5O[C@@H](C)[C@H](O)[C@@H](O)[C@H]5O)CC[C@]4(C)[C@H]3CC[C@@]21C. The number of hydrogen-bond donors (Lipinski definition) is 17. The van der Waals surface area contributed by atoms with E-state index in [9.17, 15) is 96.4 Å². The van der Waals surface area contributed by atoms with Crippen molar-refractivity contribution >= 4 is 11.8 Å². The first-order valence-electron chi connectivity index (χ1n) is 32.8. The minimum Gasteiger partial charge on any atom is -0.462 e. The molecule has 536 valence electrons. The van der Waals surface area contributed by atoms with Crippen LogP contribution in [0.15, 0.2) is 0 Å². The Morgan fingerprint density at radius 1 is 0.505 bits per heavy atom. The van der Waals surface area contributed by atoms with Crippen molar-refractivity contribution < 1.29 is 158 Å². The lowest BCUT2D eigenvalue weighted by Crippen LogP contribution is -2.68. The quantitative estimate of drug-likeness (QED) is 0.0375. The normalized spacial score (nSPS) is 52.3.